The monoisotopic (exact) mass is 347 g/mol. The van der Waals surface area contributed by atoms with Gasteiger partial charge in [0, 0.05) is 31.1 Å². The highest BCUT2D eigenvalue weighted by atomic mass is 19.1. The molecule has 0 bridgehead atoms. The van der Waals surface area contributed by atoms with Crippen LogP contribution in [0.4, 0.5) is 4.39 Å². The molecule has 0 saturated carbocycles. The molecule has 1 aromatic carbocycles. The maximum atomic E-state index is 13.5. The number of carbonyl (C=O) groups excluding carboxylic acids is 2. The van der Waals surface area contributed by atoms with Crippen molar-refractivity contribution in [3.05, 3.63) is 35.6 Å². The number of nitrogens with one attached hydrogen (secondary N) is 1. The smallest absolute Gasteiger partial charge is 0.234 e. The number of halogens is 1. The fourth-order valence-electron chi connectivity index (χ4n) is 3.63. The Bertz CT molecular complexity index is 608. The van der Waals surface area contributed by atoms with Gasteiger partial charge < -0.3 is 10.2 Å². The first-order chi connectivity index (χ1) is 12.1. The molecule has 1 aromatic rings. The minimum atomic E-state index is -0.302. The molecule has 136 valence electrons. The number of hydrogen-bond donors (Lipinski definition) is 1. The summed E-state index contributed by atoms with van der Waals surface area (Å²) in [5, 5.41) is 2.77. The van der Waals surface area contributed by atoms with E-state index in [4.69, 9.17) is 0 Å². The lowest BCUT2D eigenvalue weighted by atomic mass is 9.95. The molecule has 0 unspecified atom stereocenters. The van der Waals surface area contributed by atoms with Crippen molar-refractivity contribution in [1.29, 1.82) is 0 Å². The molecule has 2 heterocycles. The minimum absolute atomic E-state index is 0.104. The zero-order chi connectivity index (χ0) is 17.6. The number of hydrogen-bond acceptors (Lipinski definition) is 3. The average Bonchev–Trinajstić information content (AvgIpc) is 3.16. The van der Waals surface area contributed by atoms with E-state index in [-0.39, 0.29) is 24.2 Å². The van der Waals surface area contributed by atoms with Gasteiger partial charge in [-0.05, 0) is 44.8 Å². The summed E-state index contributed by atoms with van der Waals surface area (Å²) >= 11 is 0. The molecule has 2 amide bonds. The van der Waals surface area contributed by atoms with E-state index in [1.54, 1.807) is 18.2 Å². The van der Waals surface area contributed by atoms with E-state index >= 15 is 0 Å². The van der Waals surface area contributed by atoms with Crippen molar-refractivity contribution >= 4 is 11.8 Å². The molecule has 0 atom stereocenters. The van der Waals surface area contributed by atoms with Crippen molar-refractivity contribution in [2.45, 2.75) is 32.2 Å². The van der Waals surface area contributed by atoms with Crippen LogP contribution >= 0.6 is 0 Å². The van der Waals surface area contributed by atoms with E-state index < -0.39 is 0 Å². The highest BCUT2D eigenvalue weighted by Gasteiger charge is 2.30. The van der Waals surface area contributed by atoms with Gasteiger partial charge in [-0.2, -0.15) is 0 Å². The Kier molecular flexibility index (Phi) is 6.02. The minimum Gasteiger partial charge on any atom is -0.351 e. The van der Waals surface area contributed by atoms with Gasteiger partial charge in [0.05, 0.1) is 6.54 Å². The van der Waals surface area contributed by atoms with Crippen molar-refractivity contribution in [3.63, 3.8) is 0 Å². The molecule has 0 spiro atoms. The standard InChI is InChI=1S/C19H26FN3O2/c20-17-6-2-1-5-16(17)13-21-18(24)14-22-11-7-15(8-12-22)19(25)23-9-3-4-10-23/h1-2,5-6,15H,3-4,7-14H2,(H,21,24). The Morgan fingerprint density at radius 2 is 1.76 bits per heavy atom. The summed E-state index contributed by atoms with van der Waals surface area (Å²) < 4.78 is 13.5. The SMILES string of the molecule is O=C(CN1CCC(C(=O)N2CCCC2)CC1)NCc1ccccc1F. The zero-order valence-corrected chi connectivity index (χ0v) is 14.5. The second kappa shape index (κ2) is 8.43. The number of amides is 2. The summed E-state index contributed by atoms with van der Waals surface area (Å²) in [7, 11) is 0. The fourth-order valence-corrected chi connectivity index (χ4v) is 3.63. The lowest BCUT2D eigenvalue weighted by molar-refractivity contribution is -0.136. The van der Waals surface area contributed by atoms with Crippen LogP contribution in [0.25, 0.3) is 0 Å². The Morgan fingerprint density at radius 3 is 2.44 bits per heavy atom. The topological polar surface area (TPSA) is 52.7 Å². The summed E-state index contributed by atoms with van der Waals surface area (Å²) in [6, 6.07) is 6.45. The van der Waals surface area contributed by atoms with Crippen molar-refractivity contribution < 1.29 is 14.0 Å². The van der Waals surface area contributed by atoms with Crippen LogP contribution in [0, 0.1) is 11.7 Å². The first-order valence-corrected chi connectivity index (χ1v) is 9.15. The molecule has 0 aliphatic carbocycles. The molecule has 3 rings (SSSR count). The molecule has 0 radical (unpaired) electrons. The third-order valence-corrected chi connectivity index (χ3v) is 5.16. The molecule has 2 aliphatic rings. The molecule has 0 aromatic heterocycles. The summed E-state index contributed by atoms with van der Waals surface area (Å²) in [6.07, 6.45) is 3.87. The molecule has 2 saturated heterocycles. The van der Waals surface area contributed by atoms with Gasteiger partial charge in [0.1, 0.15) is 5.82 Å². The van der Waals surface area contributed by atoms with Gasteiger partial charge in [-0.15, -0.1) is 0 Å². The van der Waals surface area contributed by atoms with Crippen molar-refractivity contribution in [3.8, 4) is 0 Å². The molecule has 6 heteroatoms. The summed E-state index contributed by atoms with van der Waals surface area (Å²) in [5.74, 6) is -0.00593. The average molecular weight is 347 g/mol. The van der Waals surface area contributed by atoms with Gasteiger partial charge in [-0.3, -0.25) is 14.5 Å². The highest BCUT2D eigenvalue weighted by molar-refractivity contribution is 5.79. The van der Waals surface area contributed by atoms with E-state index in [2.05, 4.69) is 10.2 Å². The number of benzene rings is 1. The molecular weight excluding hydrogens is 321 g/mol. The van der Waals surface area contributed by atoms with Gasteiger partial charge >= 0.3 is 0 Å². The zero-order valence-electron chi connectivity index (χ0n) is 14.5. The van der Waals surface area contributed by atoms with Crippen molar-refractivity contribution in [1.82, 2.24) is 15.1 Å². The number of likely N-dealkylation sites (tertiary alicyclic amines) is 2. The summed E-state index contributed by atoms with van der Waals surface area (Å²) in [6.45, 7) is 3.83. The molecule has 5 nitrogen and oxygen atoms in total. The number of rotatable bonds is 5. The largest absolute Gasteiger partial charge is 0.351 e. The predicted molar refractivity (Wildman–Crippen MR) is 93.2 cm³/mol. The van der Waals surface area contributed by atoms with Crippen LogP contribution in [0.1, 0.15) is 31.2 Å². The van der Waals surface area contributed by atoms with Gasteiger partial charge in [0.15, 0.2) is 0 Å². The van der Waals surface area contributed by atoms with E-state index in [0.29, 0.717) is 18.0 Å². The Hall–Kier alpha value is -1.95. The maximum Gasteiger partial charge on any atom is 0.234 e. The van der Waals surface area contributed by atoms with Crippen molar-refractivity contribution in [2.75, 3.05) is 32.7 Å². The van der Waals surface area contributed by atoms with E-state index in [1.165, 1.54) is 6.07 Å². The number of carbonyl (C=O) groups is 2. The quantitative estimate of drug-likeness (QED) is 0.883. The predicted octanol–water partition coefficient (Wildman–Crippen LogP) is 1.78. The third kappa shape index (κ3) is 4.78. The maximum absolute atomic E-state index is 13.5. The van der Waals surface area contributed by atoms with E-state index in [1.807, 2.05) is 4.90 Å². The van der Waals surface area contributed by atoms with Gasteiger partial charge in [-0.25, -0.2) is 4.39 Å². The molecule has 25 heavy (non-hydrogen) atoms. The summed E-state index contributed by atoms with van der Waals surface area (Å²) in [4.78, 5) is 28.5. The molecule has 2 aliphatic heterocycles. The molecule has 2 fully saturated rings. The van der Waals surface area contributed by atoms with Gasteiger partial charge in [-0.1, -0.05) is 18.2 Å². The van der Waals surface area contributed by atoms with Crippen LogP contribution in [-0.4, -0.2) is 54.3 Å². The van der Waals surface area contributed by atoms with Crippen LogP contribution in [0.15, 0.2) is 24.3 Å². The Balaban J connectivity index is 1.39. The van der Waals surface area contributed by atoms with Crippen LogP contribution in [0.5, 0.6) is 0 Å². The second-order valence-corrected chi connectivity index (χ2v) is 6.95. The first-order valence-electron chi connectivity index (χ1n) is 9.15. The molecule has 1 N–H and O–H groups in total. The fraction of sp³-hybridized carbons (Fsp3) is 0.579. The second-order valence-electron chi connectivity index (χ2n) is 6.95. The third-order valence-electron chi connectivity index (χ3n) is 5.16. The molecular formula is C19H26FN3O2. The number of piperidine rings is 1. The van der Waals surface area contributed by atoms with Crippen LogP contribution in [-0.2, 0) is 16.1 Å². The normalized spacial score (nSPS) is 19.2. The van der Waals surface area contributed by atoms with Crippen molar-refractivity contribution in [2.24, 2.45) is 5.92 Å². The number of nitrogens with zero attached hydrogens (tertiary/aromatic N) is 2. The van der Waals surface area contributed by atoms with Crippen LogP contribution in [0.2, 0.25) is 0 Å². The lowest BCUT2D eigenvalue weighted by Crippen LogP contribution is -2.44. The van der Waals surface area contributed by atoms with E-state index in [0.717, 1.165) is 51.9 Å². The lowest BCUT2D eigenvalue weighted by Gasteiger charge is -2.32. The van der Waals surface area contributed by atoms with Crippen LogP contribution in [0.3, 0.4) is 0 Å². The highest BCUT2D eigenvalue weighted by Crippen LogP contribution is 2.21. The van der Waals surface area contributed by atoms with Crippen LogP contribution < -0.4 is 5.32 Å². The summed E-state index contributed by atoms with van der Waals surface area (Å²) in [5.41, 5.74) is 0.491. The first kappa shape index (κ1) is 17.9. The Labute approximate surface area is 148 Å². The Morgan fingerprint density at radius 1 is 1.08 bits per heavy atom. The van der Waals surface area contributed by atoms with Gasteiger partial charge in [0.25, 0.3) is 0 Å². The van der Waals surface area contributed by atoms with Gasteiger partial charge in [0.2, 0.25) is 11.8 Å². The van der Waals surface area contributed by atoms with E-state index in [9.17, 15) is 14.0 Å².